The fourth-order valence-corrected chi connectivity index (χ4v) is 3.08. The molecule has 3 rings (SSSR count). The minimum atomic E-state index is 0. The number of nitrogens with zero attached hydrogens (tertiary/aromatic N) is 1. The number of piperidine rings is 1. The number of rotatable bonds is 3. The van der Waals surface area contributed by atoms with Crippen LogP contribution in [-0.2, 0) is 6.54 Å². The van der Waals surface area contributed by atoms with Crippen LogP contribution in [0.3, 0.4) is 0 Å². The maximum atomic E-state index is 5.81. The lowest BCUT2D eigenvalue weighted by atomic mass is 9.97. The van der Waals surface area contributed by atoms with E-state index in [2.05, 4.69) is 47.4 Å². The highest BCUT2D eigenvalue weighted by atomic mass is 35.5. The van der Waals surface area contributed by atoms with Gasteiger partial charge in [0.05, 0.1) is 0 Å². The van der Waals surface area contributed by atoms with Crippen molar-refractivity contribution < 1.29 is 0 Å². The molecule has 108 valence electrons. The smallest absolute Gasteiger partial charge is 0.0234 e. The van der Waals surface area contributed by atoms with Gasteiger partial charge in [-0.05, 0) is 54.3 Å². The van der Waals surface area contributed by atoms with Crippen LogP contribution in [-0.4, -0.2) is 24.5 Å². The second kappa shape index (κ2) is 7.07. The second-order valence-electron chi connectivity index (χ2n) is 5.66. The van der Waals surface area contributed by atoms with E-state index in [0.717, 1.165) is 19.6 Å². The molecule has 1 atom stereocenters. The van der Waals surface area contributed by atoms with Gasteiger partial charge in [0.1, 0.15) is 0 Å². The monoisotopic (exact) mass is 290 g/mol. The zero-order chi connectivity index (χ0) is 13.1. The quantitative estimate of drug-likeness (QED) is 0.938. The molecule has 1 fully saturated rings. The summed E-state index contributed by atoms with van der Waals surface area (Å²) in [6.07, 6.45) is 2.58. The molecular weight excluding hydrogens is 268 g/mol. The summed E-state index contributed by atoms with van der Waals surface area (Å²) < 4.78 is 0. The molecule has 1 heterocycles. The molecule has 20 heavy (non-hydrogen) atoms. The summed E-state index contributed by atoms with van der Waals surface area (Å²) >= 11 is 0. The predicted molar refractivity (Wildman–Crippen MR) is 88.3 cm³/mol. The van der Waals surface area contributed by atoms with Crippen molar-refractivity contribution in [2.45, 2.75) is 19.4 Å². The molecule has 0 aliphatic carbocycles. The Morgan fingerprint density at radius 2 is 1.90 bits per heavy atom. The first-order chi connectivity index (χ1) is 9.35. The molecule has 0 radical (unpaired) electrons. The van der Waals surface area contributed by atoms with Gasteiger partial charge in [-0.2, -0.15) is 0 Å². The van der Waals surface area contributed by atoms with E-state index in [1.165, 1.54) is 35.7 Å². The summed E-state index contributed by atoms with van der Waals surface area (Å²) in [7, 11) is 0. The highest BCUT2D eigenvalue weighted by Crippen LogP contribution is 2.20. The van der Waals surface area contributed by atoms with Crippen molar-refractivity contribution in [3.05, 3.63) is 48.0 Å². The highest BCUT2D eigenvalue weighted by Gasteiger charge is 2.18. The van der Waals surface area contributed by atoms with Crippen LogP contribution in [0, 0.1) is 5.92 Å². The van der Waals surface area contributed by atoms with Crippen molar-refractivity contribution in [3.8, 4) is 0 Å². The molecule has 2 aromatic rings. The van der Waals surface area contributed by atoms with Crippen LogP contribution in [0.4, 0.5) is 0 Å². The van der Waals surface area contributed by atoms with Gasteiger partial charge in [0.25, 0.3) is 0 Å². The molecular formula is C17H23ClN2. The molecule has 0 spiro atoms. The van der Waals surface area contributed by atoms with E-state index >= 15 is 0 Å². The number of hydrogen-bond acceptors (Lipinski definition) is 2. The Bertz CT molecular complexity index is 555. The van der Waals surface area contributed by atoms with Gasteiger partial charge >= 0.3 is 0 Å². The maximum absolute atomic E-state index is 5.81. The Hall–Kier alpha value is -1.09. The lowest BCUT2D eigenvalue weighted by Gasteiger charge is -2.32. The fraction of sp³-hybridized carbons (Fsp3) is 0.412. The fourth-order valence-electron chi connectivity index (χ4n) is 3.08. The van der Waals surface area contributed by atoms with Crippen molar-refractivity contribution >= 4 is 23.2 Å². The number of nitrogens with two attached hydrogens (primary N) is 1. The minimum absolute atomic E-state index is 0. The molecule has 2 aromatic carbocycles. The van der Waals surface area contributed by atoms with Crippen molar-refractivity contribution in [2.24, 2.45) is 11.7 Å². The molecule has 0 saturated carbocycles. The van der Waals surface area contributed by atoms with E-state index in [9.17, 15) is 0 Å². The average Bonchev–Trinajstić information content (AvgIpc) is 2.47. The van der Waals surface area contributed by atoms with Crippen LogP contribution in [0.25, 0.3) is 10.8 Å². The van der Waals surface area contributed by atoms with Crippen LogP contribution >= 0.6 is 12.4 Å². The molecule has 0 bridgehead atoms. The maximum Gasteiger partial charge on any atom is 0.0234 e. The standard InChI is InChI=1S/C17H22N2.ClH/c18-11-15-4-3-9-19(13-15)12-14-7-8-16-5-1-2-6-17(16)10-14;/h1-2,5-8,10,15H,3-4,9,11-13,18H2;1H. The molecule has 2 N–H and O–H groups in total. The average molecular weight is 291 g/mol. The summed E-state index contributed by atoms with van der Waals surface area (Å²) in [5.41, 5.74) is 7.22. The van der Waals surface area contributed by atoms with Gasteiger partial charge in [-0.15, -0.1) is 12.4 Å². The SMILES string of the molecule is Cl.NCC1CCCN(Cc2ccc3ccccc3c2)C1. The second-order valence-corrected chi connectivity index (χ2v) is 5.66. The minimum Gasteiger partial charge on any atom is -0.330 e. The first-order valence-corrected chi connectivity index (χ1v) is 7.25. The molecule has 1 aliphatic rings. The van der Waals surface area contributed by atoms with Gasteiger partial charge in [0.2, 0.25) is 0 Å². The van der Waals surface area contributed by atoms with Crippen LogP contribution in [0.1, 0.15) is 18.4 Å². The van der Waals surface area contributed by atoms with E-state index < -0.39 is 0 Å². The molecule has 0 aromatic heterocycles. The van der Waals surface area contributed by atoms with Crippen molar-refractivity contribution in [1.82, 2.24) is 4.90 Å². The number of fused-ring (bicyclic) bond motifs is 1. The van der Waals surface area contributed by atoms with Crippen LogP contribution in [0.5, 0.6) is 0 Å². The van der Waals surface area contributed by atoms with Gasteiger partial charge in [-0.1, -0.05) is 36.4 Å². The summed E-state index contributed by atoms with van der Waals surface area (Å²) in [6, 6.07) is 15.4. The summed E-state index contributed by atoms with van der Waals surface area (Å²) in [5, 5.41) is 2.66. The molecule has 3 heteroatoms. The van der Waals surface area contributed by atoms with Gasteiger partial charge < -0.3 is 5.73 Å². The van der Waals surface area contributed by atoms with E-state index in [1.807, 2.05) is 0 Å². The summed E-state index contributed by atoms with van der Waals surface area (Å²) in [4.78, 5) is 2.55. The Morgan fingerprint density at radius 3 is 2.70 bits per heavy atom. The summed E-state index contributed by atoms with van der Waals surface area (Å²) in [6.45, 7) is 4.25. The Kier molecular flexibility index (Phi) is 5.41. The predicted octanol–water partition coefficient (Wildman–Crippen LogP) is 3.43. The van der Waals surface area contributed by atoms with Crippen molar-refractivity contribution in [1.29, 1.82) is 0 Å². The van der Waals surface area contributed by atoms with Gasteiger partial charge in [0.15, 0.2) is 0 Å². The van der Waals surface area contributed by atoms with E-state index in [0.29, 0.717) is 5.92 Å². The molecule has 1 aliphatic heterocycles. The summed E-state index contributed by atoms with van der Waals surface area (Å²) in [5.74, 6) is 0.689. The first kappa shape index (κ1) is 15.3. The van der Waals surface area contributed by atoms with Gasteiger partial charge in [0, 0.05) is 13.1 Å². The van der Waals surface area contributed by atoms with E-state index in [4.69, 9.17) is 5.73 Å². The third-order valence-electron chi connectivity index (χ3n) is 4.16. The number of benzene rings is 2. The van der Waals surface area contributed by atoms with Gasteiger partial charge in [-0.25, -0.2) is 0 Å². The topological polar surface area (TPSA) is 29.3 Å². The zero-order valence-corrected chi connectivity index (χ0v) is 12.6. The molecule has 2 nitrogen and oxygen atoms in total. The Morgan fingerprint density at radius 1 is 1.10 bits per heavy atom. The lowest BCUT2D eigenvalue weighted by Crippen LogP contribution is -2.37. The van der Waals surface area contributed by atoms with Crippen LogP contribution in [0.2, 0.25) is 0 Å². The normalized spacial score (nSPS) is 19.8. The van der Waals surface area contributed by atoms with Crippen molar-refractivity contribution in [3.63, 3.8) is 0 Å². The van der Waals surface area contributed by atoms with Gasteiger partial charge in [-0.3, -0.25) is 4.90 Å². The highest BCUT2D eigenvalue weighted by molar-refractivity contribution is 5.85. The molecule has 1 unspecified atom stereocenters. The van der Waals surface area contributed by atoms with Crippen LogP contribution in [0.15, 0.2) is 42.5 Å². The van der Waals surface area contributed by atoms with Crippen LogP contribution < -0.4 is 5.73 Å². The molecule has 1 saturated heterocycles. The van der Waals surface area contributed by atoms with E-state index in [-0.39, 0.29) is 12.4 Å². The number of likely N-dealkylation sites (tertiary alicyclic amines) is 1. The lowest BCUT2D eigenvalue weighted by molar-refractivity contribution is 0.171. The number of hydrogen-bond donors (Lipinski definition) is 1. The zero-order valence-electron chi connectivity index (χ0n) is 11.8. The number of halogens is 1. The van der Waals surface area contributed by atoms with E-state index in [1.54, 1.807) is 0 Å². The Labute approximate surface area is 127 Å². The molecule has 0 amide bonds. The van der Waals surface area contributed by atoms with Crippen molar-refractivity contribution in [2.75, 3.05) is 19.6 Å². The third kappa shape index (κ3) is 3.51. The first-order valence-electron chi connectivity index (χ1n) is 7.25. The third-order valence-corrected chi connectivity index (χ3v) is 4.16. The largest absolute Gasteiger partial charge is 0.330 e. The Balaban J connectivity index is 0.00000147.